The van der Waals surface area contributed by atoms with Crippen molar-refractivity contribution in [3.05, 3.63) is 21.9 Å². The molecule has 1 aromatic rings. The van der Waals surface area contributed by atoms with E-state index in [2.05, 4.69) is 26.0 Å². The Bertz CT molecular complexity index is 309. The van der Waals surface area contributed by atoms with Crippen LogP contribution in [0.5, 0.6) is 0 Å². The minimum atomic E-state index is -0.450. The van der Waals surface area contributed by atoms with Crippen molar-refractivity contribution in [2.45, 2.75) is 26.3 Å². The molecule has 0 saturated carbocycles. The molecule has 0 radical (unpaired) electrons. The first-order valence-electron chi connectivity index (χ1n) is 4.36. The first-order chi connectivity index (χ1) is 6.15. The Morgan fingerprint density at radius 1 is 1.62 bits per heavy atom. The van der Waals surface area contributed by atoms with Crippen LogP contribution in [-0.4, -0.2) is 0 Å². The van der Waals surface area contributed by atoms with Crippen LogP contribution in [-0.2, 0) is 6.42 Å². The zero-order valence-electron chi connectivity index (χ0n) is 7.95. The van der Waals surface area contributed by atoms with Gasteiger partial charge in [0.2, 0.25) is 0 Å². The summed E-state index contributed by atoms with van der Waals surface area (Å²) in [6.45, 7) is 4.33. The summed E-state index contributed by atoms with van der Waals surface area (Å²) in [5.41, 5.74) is 6.90. The maximum Gasteiger partial charge on any atom is 0.128 e. The molecule has 0 amide bonds. The van der Waals surface area contributed by atoms with E-state index >= 15 is 0 Å². The quantitative estimate of drug-likeness (QED) is 0.803. The molecule has 0 aliphatic carbocycles. The van der Waals surface area contributed by atoms with Gasteiger partial charge in [-0.05, 0) is 29.3 Å². The van der Waals surface area contributed by atoms with E-state index in [9.17, 15) is 0 Å². The monoisotopic (exact) mass is 194 g/mol. The lowest BCUT2D eigenvalue weighted by atomic mass is 10.0. The van der Waals surface area contributed by atoms with Crippen molar-refractivity contribution in [2.24, 2.45) is 11.7 Å². The molecule has 3 heteroatoms. The number of thiophene rings is 1. The molecule has 2 nitrogen and oxygen atoms in total. The first kappa shape index (κ1) is 10.2. The van der Waals surface area contributed by atoms with Crippen molar-refractivity contribution >= 4 is 11.3 Å². The van der Waals surface area contributed by atoms with Crippen molar-refractivity contribution in [1.29, 1.82) is 5.26 Å². The number of rotatable bonds is 3. The molecule has 1 aromatic heterocycles. The Morgan fingerprint density at radius 3 is 2.85 bits per heavy atom. The summed E-state index contributed by atoms with van der Waals surface area (Å²) in [5.74, 6) is 0.610. The number of nitriles is 1. The molecule has 1 atom stereocenters. The van der Waals surface area contributed by atoms with E-state index in [4.69, 9.17) is 11.0 Å². The van der Waals surface area contributed by atoms with Crippen LogP contribution in [0.2, 0.25) is 0 Å². The molecular formula is C10H14N2S. The molecule has 0 fully saturated rings. The zero-order valence-corrected chi connectivity index (χ0v) is 8.77. The van der Waals surface area contributed by atoms with Gasteiger partial charge in [-0.1, -0.05) is 13.8 Å². The first-order valence-corrected chi connectivity index (χ1v) is 5.24. The van der Waals surface area contributed by atoms with Crippen LogP contribution in [0, 0.1) is 17.2 Å². The molecule has 0 aliphatic rings. The molecule has 0 aromatic carbocycles. The summed E-state index contributed by atoms with van der Waals surface area (Å²) in [5, 5.41) is 10.7. The van der Waals surface area contributed by atoms with Crippen LogP contribution in [0.4, 0.5) is 0 Å². The van der Waals surface area contributed by atoms with Crippen LogP contribution in [0.25, 0.3) is 0 Å². The fraction of sp³-hybridized carbons (Fsp3) is 0.500. The molecule has 0 spiro atoms. The smallest absolute Gasteiger partial charge is 0.128 e. The Balaban J connectivity index is 2.84. The minimum absolute atomic E-state index is 0.450. The third-order valence-electron chi connectivity index (χ3n) is 1.83. The van der Waals surface area contributed by atoms with Gasteiger partial charge in [0.1, 0.15) is 6.04 Å². The normalized spacial score (nSPS) is 12.8. The van der Waals surface area contributed by atoms with Gasteiger partial charge < -0.3 is 5.73 Å². The van der Waals surface area contributed by atoms with Crippen LogP contribution >= 0.6 is 11.3 Å². The average molecular weight is 194 g/mol. The van der Waals surface area contributed by atoms with E-state index in [0.717, 1.165) is 11.3 Å². The van der Waals surface area contributed by atoms with Gasteiger partial charge in [0.15, 0.2) is 0 Å². The van der Waals surface area contributed by atoms with Gasteiger partial charge in [0.05, 0.1) is 6.07 Å². The Hall–Kier alpha value is -0.850. The summed E-state index contributed by atoms with van der Waals surface area (Å²) in [4.78, 5) is 1.02. The largest absolute Gasteiger partial charge is 0.312 e. The minimum Gasteiger partial charge on any atom is -0.312 e. The van der Waals surface area contributed by atoms with Crippen molar-refractivity contribution in [1.82, 2.24) is 0 Å². The second kappa shape index (κ2) is 4.40. The summed E-state index contributed by atoms with van der Waals surface area (Å²) >= 11 is 1.58. The van der Waals surface area contributed by atoms with Crippen LogP contribution in [0.3, 0.4) is 0 Å². The maximum atomic E-state index is 8.70. The third kappa shape index (κ3) is 2.55. The molecular weight excluding hydrogens is 180 g/mol. The average Bonchev–Trinajstić information content (AvgIpc) is 2.50. The van der Waals surface area contributed by atoms with E-state index in [1.54, 1.807) is 11.3 Å². The third-order valence-corrected chi connectivity index (χ3v) is 2.87. The van der Waals surface area contributed by atoms with Gasteiger partial charge in [0, 0.05) is 4.88 Å². The zero-order chi connectivity index (χ0) is 9.84. The van der Waals surface area contributed by atoms with Crippen molar-refractivity contribution in [3.63, 3.8) is 0 Å². The standard InChI is InChI=1S/C10H14N2S/c1-7(2)5-8-3-4-13-10(8)9(12)6-11/h3-4,7,9H,5,12H2,1-2H3. The molecule has 2 N–H and O–H groups in total. The fourth-order valence-corrected chi connectivity index (χ4v) is 2.17. The van der Waals surface area contributed by atoms with Crippen LogP contribution in [0.1, 0.15) is 30.3 Å². The topological polar surface area (TPSA) is 49.8 Å². The van der Waals surface area contributed by atoms with E-state index < -0.39 is 6.04 Å². The van der Waals surface area contributed by atoms with Gasteiger partial charge in [-0.3, -0.25) is 0 Å². The summed E-state index contributed by atoms with van der Waals surface area (Å²) < 4.78 is 0. The van der Waals surface area contributed by atoms with Gasteiger partial charge in [-0.2, -0.15) is 5.26 Å². The Morgan fingerprint density at radius 2 is 2.31 bits per heavy atom. The maximum absolute atomic E-state index is 8.70. The predicted molar refractivity (Wildman–Crippen MR) is 55.4 cm³/mol. The second-order valence-corrected chi connectivity index (χ2v) is 4.46. The highest BCUT2D eigenvalue weighted by Crippen LogP contribution is 2.24. The number of hydrogen-bond acceptors (Lipinski definition) is 3. The van der Waals surface area contributed by atoms with E-state index in [-0.39, 0.29) is 0 Å². The van der Waals surface area contributed by atoms with Crippen molar-refractivity contribution in [2.75, 3.05) is 0 Å². The predicted octanol–water partition coefficient (Wildman–Crippen LogP) is 2.47. The molecule has 1 unspecified atom stereocenters. The highest BCUT2D eigenvalue weighted by Gasteiger charge is 2.12. The highest BCUT2D eigenvalue weighted by molar-refractivity contribution is 7.10. The van der Waals surface area contributed by atoms with Gasteiger partial charge in [-0.15, -0.1) is 11.3 Å². The van der Waals surface area contributed by atoms with Gasteiger partial charge >= 0.3 is 0 Å². The van der Waals surface area contributed by atoms with Crippen LogP contribution in [0.15, 0.2) is 11.4 Å². The van der Waals surface area contributed by atoms with E-state index in [1.807, 2.05) is 5.38 Å². The molecule has 0 aliphatic heterocycles. The summed E-state index contributed by atoms with van der Waals surface area (Å²) in [7, 11) is 0. The van der Waals surface area contributed by atoms with Crippen molar-refractivity contribution < 1.29 is 0 Å². The Labute approximate surface area is 83.0 Å². The summed E-state index contributed by atoms with van der Waals surface area (Å²) in [6, 6.07) is 3.69. The van der Waals surface area contributed by atoms with E-state index in [0.29, 0.717) is 5.92 Å². The molecule has 13 heavy (non-hydrogen) atoms. The molecule has 1 rings (SSSR count). The van der Waals surface area contributed by atoms with Crippen LogP contribution < -0.4 is 5.73 Å². The number of hydrogen-bond donors (Lipinski definition) is 1. The lowest BCUT2D eigenvalue weighted by molar-refractivity contribution is 0.643. The number of nitrogens with zero attached hydrogens (tertiary/aromatic N) is 1. The molecule has 1 heterocycles. The van der Waals surface area contributed by atoms with Gasteiger partial charge in [0.25, 0.3) is 0 Å². The molecule has 0 saturated heterocycles. The molecule has 70 valence electrons. The lowest BCUT2D eigenvalue weighted by Gasteiger charge is -2.07. The SMILES string of the molecule is CC(C)Cc1ccsc1C(N)C#N. The summed E-state index contributed by atoms with van der Waals surface area (Å²) in [6.07, 6.45) is 1.01. The lowest BCUT2D eigenvalue weighted by Crippen LogP contribution is -2.08. The van der Waals surface area contributed by atoms with Crippen molar-refractivity contribution in [3.8, 4) is 6.07 Å². The van der Waals surface area contributed by atoms with Gasteiger partial charge in [-0.25, -0.2) is 0 Å². The Kier molecular flexibility index (Phi) is 3.47. The number of nitrogens with two attached hydrogens (primary N) is 1. The van der Waals surface area contributed by atoms with E-state index in [1.165, 1.54) is 5.56 Å². The molecule has 0 bridgehead atoms. The highest BCUT2D eigenvalue weighted by atomic mass is 32.1. The fourth-order valence-electron chi connectivity index (χ4n) is 1.29. The second-order valence-electron chi connectivity index (χ2n) is 3.51.